The van der Waals surface area contributed by atoms with Gasteiger partial charge in [0.25, 0.3) is 0 Å². The van der Waals surface area contributed by atoms with Crippen molar-refractivity contribution < 1.29 is 4.79 Å². The quantitative estimate of drug-likeness (QED) is 0.475. The van der Waals surface area contributed by atoms with Crippen LogP contribution < -0.4 is 0 Å². The number of rotatable bonds is 8. The highest BCUT2D eigenvalue weighted by molar-refractivity contribution is 9.10. The van der Waals surface area contributed by atoms with Gasteiger partial charge in [-0.25, -0.2) is 0 Å². The molecule has 2 aromatic rings. The zero-order valence-electron chi connectivity index (χ0n) is 12.0. The molecule has 0 radical (unpaired) electrons. The highest BCUT2D eigenvalue weighted by Crippen LogP contribution is 2.28. The highest BCUT2D eigenvalue weighted by Gasteiger charge is 2.13. The third-order valence-electron chi connectivity index (χ3n) is 3.71. The van der Waals surface area contributed by atoms with Gasteiger partial charge in [-0.15, -0.1) is 0 Å². The van der Waals surface area contributed by atoms with E-state index in [0.29, 0.717) is 6.42 Å². The first-order valence-electron chi connectivity index (χ1n) is 7.53. The number of hydrogen-bond acceptors (Lipinski definition) is 1. The van der Waals surface area contributed by atoms with Gasteiger partial charge >= 0.3 is 0 Å². The van der Waals surface area contributed by atoms with Crippen molar-refractivity contribution in [3.63, 3.8) is 0 Å². The van der Waals surface area contributed by atoms with Crippen molar-refractivity contribution in [2.75, 3.05) is 0 Å². The average Bonchev–Trinajstić information content (AvgIpc) is 2.88. The molecule has 0 saturated heterocycles. The number of aromatic nitrogens is 1. The van der Waals surface area contributed by atoms with Gasteiger partial charge in [0.15, 0.2) is 5.78 Å². The van der Waals surface area contributed by atoms with Gasteiger partial charge in [-0.2, -0.15) is 0 Å². The van der Waals surface area contributed by atoms with E-state index in [-0.39, 0.29) is 5.78 Å². The summed E-state index contributed by atoms with van der Waals surface area (Å²) in [5.74, 6) is 0.249. The molecule has 1 aromatic carbocycles. The Morgan fingerprint density at radius 3 is 2.70 bits per heavy atom. The van der Waals surface area contributed by atoms with Crippen molar-refractivity contribution in [2.45, 2.75) is 51.9 Å². The minimum atomic E-state index is 0.249. The van der Waals surface area contributed by atoms with Gasteiger partial charge in [-0.3, -0.25) is 4.79 Å². The second-order valence-electron chi connectivity index (χ2n) is 5.31. The van der Waals surface area contributed by atoms with Crippen LogP contribution in [-0.2, 0) is 0 Å². The Kier molecular flexibility index (Phi) is 5.84. The van der Waals surface area contributed by atoms with Crippen molar-refractivity contribution in [1.29, 1.82) is 0 Å². The van der Waals surface area contributed by atoms with Crippen LogP contribution in [0.5, 0.6) is 0 Å². The Hall–Kier alpha value is -1.09. The molecule has 1 heterocycles. The van der Waals surface area contributed by atoms with E-state index in [2.05, 4.69) is 27.8 Å². The predicted octanol–water partition coefficient (Wildman–Crippen LogP) is 5.86. The normalized spacial score (nSPS) is 11.1. The maximum atomic E-state index is 12.3. The van der Waals surface area contributed by atoms with E-state index < -0.39 is 0 Å². The van der Waals surface area contributed by atoms with Crippen molar-refractivity contribution in [3.8, 4) is 0 Å². The van der Waals surface area contributed by atoms with Crippen LogP contribution in [0.2, 0.25) is 0 Å². The molecule has 0 saturated carbocycles. The van der Waals surface area contributed by atoms with Crippen LogP contribution in [0, 0.1) is 0 Å². The Labute approximate surface area is 129 Å². The molecule has 0 bridgehead atoms. The van der Waals surface area contributed by atoms with Crippen LogP contribution in [0.15, 0.2) is 28.9 Å². The zero-order chi connectivity index (χ0) is 14.4. The van der Waals surface area contributed by atoms with Gasteiger partial charge in [0.05, 0.1) is 0 Å². The summed E-state index contributed by atoms with van der Waals surface area (Å²) in [4.78, 5) is 15.5. The topological polar surface area (TPSA) is 32.9 Å². The van der Waals surface area contributed by atoms with Gasteiger partial charge < -0.3 is 4.98 Å². The molecule has 0 aliphatic carbocycles. The van der Waals surface area contributed by atoms with E-state index in [1.807, 2.05) is 24.4 Å². The van der Waals surface area contributed by atoms with E-state index in [4.69, 9.17) is 0 Å². The second kappa shape index (κ2) is 7.63. The molecular weight excluding hydrogens is 314 g/mol. The van der Waals surface area contributed by atoms with Crippen LogP contribution in [0.1, 0.15) is 62.2 Å². The summed E-state index contributed by atoms with van der Waals surface area (Å²) in [7, 11) is 0. The summed E-state index contributed by atoms with van der Waals surface area (Å²) in [6, 6.07) is 5.96. The summed E-state index contributed by atoms with van der Waals surface area (Å²) in [6.07, 6.45) is 9.78. The summed E-state index contributed by atoms with van der Waals surface area (Å²) < 4.78 is 0.988. The van der Waals surface area contributed by atoms with Crippen molar-refractivity contribution >= 4 is 32.6 Å². The van der Waals surface area contributed by atoms with Crippen molar-refractivity contribution in [2.24, 2.45) is 0 Å². The summed E-state index contributed by atoms with van der Waals surface area (Å²) in [5.41, 5.74) is 1.84. The minimum absolute atomic E-state index is 0.249. The van der Waals surface area contributed by atoms with Crippen LogP contribution in [0.4, 0.5) is 0 Å². The van der Waals surface area contributed by atoms with Crippen molar-refractivity contribution in [1.82, 2.24) is 4.98 Å². The van der Waals surface area contributed by atoms with Gasteiger partial charge in [-0.1, -0.05) is 61.0 Å². The maximum absolute atomic E-state index is 12.3. The summed E-state index contributed by atoms with van der Waals surface area (Å²) in [5, 5.41) is 1.02. The Balaban J connectivity index is 1.91. The number of aromatic amines is 1. The van der Waals surface area contributed by atoms with Gasteiger partial charge in [-0.05, 0) is 18.6 Å². The highest BCUT2D eigenvalue weighted by atomic mass is 79.9. The first-order valence-corrected chi connectivity index (χ1v) is 8.32. The number of fused-ring (bicyclic) bond motifs is 1. The van der Waals surface area contributed by atoms with Crippen LogP contribution in [-0.4, -0.2) is 10.8 Å². The third kappa shape index (κ3) is 3.72. The molecule has 0 spiro atoms. The molecule has 0 amide bonds. The van der Waals surface area contributed by atoms with E-state index in [0.717, 1.165) is 33.8 Å². The van der Waals surface area contributed by atoms with E-state index in [1.54, 1.807) is 0 Å². The third-order valence-corrected chi connectivity index (χ3v) is 4.37. The number of nitrogens with one attached hydrogen (secondary N) is 1. The Morgan fingerprint density at radius 1 is 1.15 bits per heavy atom. The lowest BCUT2D eigenvalue weighted by Gasteiger charge is -2.02. The van der Waals surface area contributed by atoms with Crippen LogP contribution >= 0.6 is 15.9 Å². The molecule has 1 aromatic heterocycles. The molecule has 2 rings (SSSR count). The molecule has 3 heteroatoms. The van der Waals surface area contributed by atoms with E-state index in [9.17, 15) is 4.79 Å². The number of halogens is 1. The number of Topliss-reactive ketones (excluding diaryl/α,β-unsaturated/α-hetero) is 1. The summed E-state index contributed by atoms with van der Waals surface area (Å²) >= 11 is 3.53. The number of H-pyrrole nitrogens is 1. The van der Waals surface area contributed by atoms with Crippen LogP contribution in [0.3, 0.4) is 0 Å². The SMILES string of the molecule is CCCCCCCCC(=O)c1c[nH]c2cccc(Br)c12. The molecule has 20 heavy (non-hydrogen) atoms. The van der Waals surface area contributed by atoms with E-state index in [1.165, 1.54) is 25.7 Å². The molecule has 0 atom stereocenters. The Morgan fingerprint density at radius 2 is 1.90 bits per heavy atom. The minimum Gasteiger partial charge on any atom is -0.360 e. The molecule has 108 valence electrons. The molecule has 0 aliphatic rings. The molecule has 1 N–H and O–H groups in total. The lowest BCUT2D eigenvalue weighted by atomic mass is 10.0. The molecule has 0 unspecified atom stereocenters. The lowest BCUT2D eigenvalue weighted by molar-refractivity contribution is 0.0980. The lowest BCUT2D eigenvalue weighted by Crippen LogP contribution is -1.98. The number of hydrogen-bond donors (Lipinski definition) is 1. The van der Waals surface area contributed by atoms with Gasteiger partial charge in [0.1, 0.15) is 0 Å². The molecule has 2 nitrogen and oxygen atoms in total. The zero-order valence-corrected chi connectivity index (χ0v) is 13.6. The van der Waals surface area contributed by atoms with E-state index >= 15 is 0 Å². The smallest absolute Gasteiger partial charge is 0.165 e. The number of carbonyl (C=O) groups excluding carboxylic acids is 1. The first-order chi connectivity index (χ1) is 9.74. The van der Waals surface area contributed by atoms with Gasteiger partial charge in [0.2, 0.25) is 0 Å². The predicted molar refractivity (Wildman–Crippen MR) is 88.3 cm³/mol. The molecule has 0 fully saturated rings. The fraction of sp³-hybridized carbons (Fsp3) is 0.471. The largest absolute Gasteiger partial charge is 0.360 e. The number of unbranched alkanes of at least 4 members (excludes halogenated alkanes) is 5. The number of benzene rings is 1. The van der Waals surface area contributed by atoms with Crippen molar-refractivity contribution in [3.05, 3.63) is 34.4 Å². The second-order valence-corrected chi connectivity index (χ2v) is 6.16. The molecule has 0 aliphatic heterocycles. The fourth-order valence-corrected chi connectivity index (χ4v) is 3.14. The van der Waals surface area contributed by atoms with Crippen LogP contribution in [0.25, 0.3) is 10.9 Å². The molecular formula is C17H22BrNO. The number of ketones is 1. The summed E-state index contributed by atoms with van der Waals surface area (Å²) in [6.45, 7) is 2.22. The van der Waals surface area contributed by atoms with Gasteiger partial charge in [0, 0.05) is 33.6 Å². The first kappa shape index (κ1) is 15.3. The number of carbonyl (C=O) groups is 1. The Bertz CT molecular complexity index is 573. The standard InChI is InChI=1S/C17H22BrNO/c1-2-3-4-5-6-7-11-16(20)13-12-19-15-10-8-9-14(18)17(13)15/h8-10,12,19H,2-7,11H2,1H3. The monoisotopic (exact) mass is 335 g/mol. The fourth-order valence-electron chi connectivity index (χ4n) is 2.56. The maximum Gasteiger partial charge on any atom is 0.165 e. The average molecular weight is 336 g/mol.